The second-order valence-electron chi connectivity index (χ2n) is 5.85. The van der Waals surface area contributed by atoms with Crippen molar-refractivity contribution in [2.45, 2.75) is 32.9 Å². The van der Waals surface area contributed by atoms with Gasteiger partial charge in [0, 0.05) is 29.4 Å². The zero-order chi connectivity index (χ0) is 17.9. The molecular formula is C16H20F2N4O2. The maximum Gasteiger partial charge on any atom is 0.315 e. The van der Waals surface area contributed by atoms with Crippen molar-refractivity contribution in [1.82, 2.24) is 20.8 Å². The number of hydrogen-bond acceptors (Lipinski definition) is 3. The monoisotopic (exact) mass is 338 g/mol. The van der Waals surface area contributed by atoms with Crippen LogP contribution in [0.25, 0.3) is 0 Å². The third kappa shape index (κ3) is 4.08. The minimum atomic E-state index is -1.67. The molecule has 1 unspecified atom stereocenters. The van der Waals surface area contributed by atoms with Gasteiger partial charge in [-0.1, -0.05) is 6.07 Å². The molecule has 2 rings (SSSR count). The Labute approximate surface area is 138 Å². The predicted molar refractivity (Wildman–Crippen MR) is 84.2 cm³/mol. The molecule has 0 saturated carbocycles. The summed E-state index contributed by atoms with van der Waals surface area (Å²) in [7, 11) is 0. The van der Waals surface area contributed by atoms with Crippen molar-refractivity contribution in [3.63, 3.8) is 0 Å². The van der Waals surface area contributed by atoms with Gasteiger partial charge in [-0.2, -0.15) is 5.10 Å². The number of nitrogens with one attached hydrogen (secondary N) is 3. The van der Waals surface area contributed by atoms with Crippen LogP contribution in [0.3, 0.4) is 0 Å². The first-order valence-electron chi connectivity index (χ1n) is 7.41. The molecule has 1 aromatic carbocycles. The van der Waals surface area contributed by atoms with Crippen molar-refractivity contribution in [2.75, 3.05) is 6.54 Å². The molecular weight excluding hydrogens is 318 g/mol. The molecule has 1 heterocycles. The van der Waals surface area contributed by atoms with Crippen LogP contribution in [0.15, 0.2) is 18.2 Å². The number of carbonyl (C=O) groups excluding carboxylic acids is 1. The van der Waals surface area contributed by atoms with Crippen LogP contribution in [-0.2, 0) is 12.1 Å². The molecule has 0 fully saturated rings. The normalized spacial score (nSPS) is 13.4. The minimum Gasteiger partial charge on any atom is -0.383 e. The van der Waals surface area contributed by atoms with Crippen LogP contribution in [-0.4, -0.2) is 27.9 Å². The number of aryl methyl sites for hydroxylation is 2. The summed E-state index contributed by atoms with van der Waals surface area (Å²) in [6.07, 6.45) is 0. The van der Waals surface area contributed by atoms with Gasteiger partial charge >= 0.3 is 6.03 Å². The smallest absolute Gasteiger partial charge is 0.315 e. The van der Waals surface area contributed by atoms with Crippen molar-refractivity contribution in [3.8, 4) is 0 Å². The van der Waals surface area contributed by atoms with Gasteiger partial charge in [0.15, 0.2) is 0 Å². The summed E-state index contributed by atoms with van der Waals surface area (Å²) in [6, 6.07) is 2.38. The van der Waals surface area contributed by atoms with E-state index in [4.69, 9.17) is 0 Å². The van der Waals surface area contributed by atoms with Gasteiger partial charge in [0.25, 0.3) is 0 Å². The predicted octanol–water partition coefficient (Wildman–Crippen LogP) is 2.01. The van der Waals surface area contributed by atoms with Crippen LogP contribution in [0.1, 0.15) is 29.4 Å². The number of H-pyrrole nitrogens is 1. The molecule has 24 heavy (non-hydrogen) atoms. The van der Waals surface area contributed by atoms with E-state index in [9.17, 15) is 18.7 Å². The first-order valence-corrected chi connectivity index (χ1v) is 7.41. The Morgan fingerprint density at radius 2 is 2.04 bits per heavy atom. The zero-order valence-electron chi connectivity index (χ0n) is 13.7. The summed E-state index contributed by atoms with van der Waals surface area (Å²) in [5.74, 6) is -1.60. The fourth-order valence-electron chi connectivity index (χ4n) is 2.34. The Hall–Kier alpha value is -2.48. The van der Waals surface area contributed by atoms with Gasteiger partial charge in [0.1, 0.15) is 17.2 Å². The van der Waals surface area contributed by atoms with Gasteiger partial charge in [-0.15, -0.1) is 0 Å². The molecule has 0 aliphatic carbocycles. The SMILES string of the molecule is Cc1n[nH]c(C)c1CNC(=O)NCC(C)(O)c1ccc(F)cc1F. The Morgan fingerprint density at radius 3 is 2.62 bits per heavy atom. The second kappa shape index (κ2) is 6.96. The van der Waals surface area contributed by atoms with Crippen LogP contribution < -0.4 is 10.6 Å². The number of carbonyl (C=O) groups is 1. The Kier molecular flexibility index (Phi) is 5.18. The molecule has 0 spiro atoms. The average Bonchev–Trinajstić information content (AvgIpc) is 2.81. The maximum absolute atomic E-state index is 13.8. The van der Waals surface area contributed by atoms with Crippen molar-refractivity contribution >= 4 is 6.03 Å². The fraction of sp³-hybridized carbons (Fsp3) is 0.375. The molecule has 0 bridgehead atoms. The van der Waals surface area contributed by atoms with Gasteiger partial charge in [0.2, 0.25) is 0 Å². The van der Waals surface area contributed by atoms with Gasteiger partial charge in [-0.3, -0.25) is 5.10 Å². The molecule has 0 radical (unpaired) electrons. The summed E-state index contributed by atoms with van der Waals surface area (Å²) in [5.41, 5.74) is 0.755. The first kappa shape index (κ1) is 17.9. The molecule has 2 aromatic rings. The van der Waals surface area contributed by atoms with Crippen molar-refractivity contribution in [1.29, 1.82) is 0 Å². The third-order valence-corrected chi connectivity index (χ3v) is 3.81. The fourth-order valence-corrected chi connectivity index (χ4v) is 2.34. The average molecular weight is 338 g/mol. The van der Waals surface area contributed by atoms with E-state index in [1.165, 1.54) is 6.92 Å². The van der Waals surface area contributed by atoms with Crippen molar-refractivity contribution in [3.05, 3.63) is 52.3 Å². The molecule has 0 aliphatic rings. The Balaban J connectivity index is 1.93. The highest BCUT2D eigenvalue weighted by atomic mass is 19.1. The van der Waals surface area contributed by atoms with Gasteiger partial charge < -0.3 is 15.7 Å². The molecule has 6 nitrogen and oxygen atoms in total. The molecule has 4 N–H and O–H groups in total. The number of amides is 2. The van der Waals surface area contributed by atoms with Crippen LogP contribution in [0, 0.1) is 25.5 Å². The maximum atomic E-state index is 13.8. The van der Waals surface area contributed by atoms with Crippen LogP contribution in [0.5, 0.6) is 0 Å². The molecule has 1 atom stereocenters. The number of rotatable bonds is 5. The second-order valence-corrected chi connectivity index (χ2v) is 5.85. The zero-order valence-corrected chi connectivity index (χ0v) is 13.7. The quantitative estimate of drug-likeness (QED) is 0.672. The summed E-state index contributed by atoms with van der Waals surface area (Å²) < 4.78 is 26.7. The van der Waals surface area contributed by atoms with Crippen LogP contribution in [0.2, 0.25) is 0 Å². The third-order valence-electron chi connectivity index (χ3n) is 3.81. The van der Waals surface area contributed by atoms with E-state index in [0.29, 0.717) is 6.07 Å². The lowest BCUT2D eigenvalue weighted by Gasteiger charge is -2.24. The number of urea groups is 1. The first-order chi connectivity index (χ1) is 11.2. The summed E-state index contributed by atoms with van der Waals surface area (Å²) in [4.78, 5) is 11.9. The number of hydrogen-bond donors (Lipinski definition) is 4. The number of nitrogens with zero attached hydrogens (tertiary/aromatic N) is 1. The Bertz CT molecular complexity index is 724. The van der Waals surface area contributed by atoms with Crippen molar-refractivity contribution in [2.24, 2.45) is 0 Å². The van der Waals surface area contributed by atoms with E-state index in [0.717, 1.165) is 29.1 Å². The number of halogens is 2. The lowest BCUT2D eigenvalue weighted by Crippen LogP contribution is -2.43. The number of aliphatic hydroxyl groups is 1. The largest absolute Gasteiger partial charge is 0.383 e. The summed E-state index contributed by atoms with van der Waals surface area (Å²) >= 11 is 0. The highest BCUT2D eigenvalue weighted by Crippen LogP contribution is 2.23. The van der Waals surface area contributed by atoms with E-state index in [-0.39, 0.29) is 18.7 Å². The van der Waals surface area contributed by atoms with Crippen molar-refractivity contribution < 1.29 is 18.7 Å². The summed E-state index contributed by atoms with van der Waals surface area (Å²) in [6.45, 7) is 5.04. The summed E-state index contributed by atoms with van der Waals surface area (Å²) in [5, 5.41) is 22.3. The Morgan fingerprint density at radius 1 is 1.33 bits per heavy atom. The molecule has 0 aliphatic heterocycles. The van der Waals surface area contributed by atoms with E-state index in [1.807, 2.05) is 13.8 Å². The van der Waals surface area contributed by atoms with E-state index >= 15 is 0 Å². The van der Waals surface area contributed by atoms with Crippen LogP contribution in [0.4, 0.5) is 13.6 Å². The molecule has 1 aromatic heterocycles. The lowest BCUT2D eigenvalue weighted by atomic mass is 9.95. The van der Waals surface area contributed by atoms with Crippen LogP contribution >= 0.6 is 0 Å². The van der Waals surface area contributed by atoms with Gasteiger partial charge in [0.05, 0.1) is 12.2 Å². The lowest BCUT2D eigenvalue weighted by molar-refractivity contribution is 0.0555. The van der Waals surface area contributed by atoms with Gasteiger partial charge in [-0.05, 0) is 26.8 Å². The van der Waals surface area contributed by atoms with E-state index in [2.05, 4.69) is 20.8 Å². The van der Waals surface area contributed by atoms with Gasteiger partial charge in [-0.25, -0.2) is 13.6 Å². The number of aromatic nitrogens is 2. The highest BCUT2D eigenvalue weighted by molar-refractivity contribution is 5.74. The van der Waals surface area contributed by atoms with E-state index in [1.54, 1.807) is 0 Å². The standard InChI is InChI=1S/C16H20F2N4O2/c1-9-12(10(2)22-21-9)7-19-15(23)20-8-16(3,24)13-5-4-11(17)6-14(13)18/h4-6,24H,7-8H2,1-3H3,(H,21,22)(H2,19,20,23). The molecule has 130 valence electrons. The molecule has 2 amide bonds. The number of aromatic amines is 1. The molecule has 0 saturated heterocycles. The molecule has 8 heteroatoms. The highest BCUT2D eigenvalue weighted by Gasteiger charge is 2.27. The topological polar surface area (TPSA) is 90.0 Å². The van der Waals surface area contributed by atoms with E-state index < -0.39 is 23.3 Å². The minimum absolute atomic E-state index is 0.0919. The number of benzene rings is 1.